The van der Waals surface area contributed by atoms with E-state index in [1.807, 2.05) is 30.3 Å². The van der Waals surface area contributed by atoms with Gasteiger partial charge in [-0.05, 0) is 67.3 Å². The molecule has 6 nitrogen and oxygen atoms in total. The van der Waals surface area contributed by atoms with Crippen molar-refractivity contribution in [2.45, 2.75) is 25.3 Å². The molecule has 29 heavy (non-hydrogen) atoms. The fourth-order valence-corrected chi connectivity index (χ4v) is 4.32. The van der Waals surface area contributed by atoms with Crippen LogP contribution in [0.3, 0.4) is 0 Å². The highest BCUT2D eigenvalue weighted by molar-refractivity contribution is 6.32. The normalized spacial score (nSPS) is 22.6. The highest BCUT2D eigenvalue weighted by Crippen LogP contribution is 2.45. The number of carbonyl (C=O) groups excluding carboxylic acids is 1. The molecule has 5 rings (SSSR count). The van der Waals surface area contributed by atoms with E-state index in [2.05, 4.69) is 4.98 Å². The Morgan fingerprint density at radius 3 is 2.79 bits per heavy atom. The molecule has 1 aliphatic heterocycles. The second-order valence-corrected chi connectivity index (χ2v) is 7.48. The van der Waals surface area contributed by atoms with Crippen LogP contribution in [0.25, 0.3) is 6.08 Å². The van der Waals surface area contributed by atoms with Crippen LogP contribution in [0, 0.1) is 5.92 Å². The van der Waals surface area contributed by atoms with Crippen LogP contribution in [0.1, 0.15) is 47.2 Å². The maximum atomic E-state index is 13.4. The van der Waals surface area contributed by atoms with Crippen molar-refractivity contribution in [2.24, 2.45) is 11.0 Å². The second kappa shape index (κ2) is 7.37. The van der Waals surface area contributed by atoms with Crippen LogP contribution in [-0.4, -0.2) is 21.6 Å². The maximum Gasteiger partial charge on any atom is 0.277 e. The number of furan rings is 2. The Morgan fingerprint density at radius 2 is 2.03 bits per heavy atom. The Morgan fingerprint density at radius 1 is 1.17 bits per heavy atom. The van der Waals surface area contributed by atoms with E-state index in [0.717, 1.165) is 36.3 Å². The van der Waals surface area contributed by atoms with Gasteiger partial charge in [0.2, 0.25) is 0 Å². The van der Waals surface area contributed by atoms with Crippen LogP contribution in [0.5, 0.6) is 0 Å². The molecule has 2 atom stereocenters. The number of allylic oxidation sites excluding steroid dienone is 1. The van der Waals surface area contributed by atoms with Gasteiger partial charge in [-0.15, -0.1) is 0 Å². The number of carbonyl (C=O) groups is 1. The molecule has 0 radical (unpaired) electrons. The predicted octanol–water partition coefficient (Wildman–Crippen LogP) is 5.36. The summed E-state index contributed by atoms with van der Waals surface area (Å²) in [5.74, 6) is 1.25. The van der Waals surface area contributed by atoms with E-state index in [1.54, 1.807) is 30.9 Å². The van der Waals surface area contributed by atoms with Gasteiger partial charge in [0.25, 0.3) is 5.91 Å². The number of rotatable bonds is 3. The highest BCUT2D eigenvalue weighted by atomic mass is 35.5. The van der Waals surface area contributed by atoms with Crippen LogP contribution in [-0.2, 0) is 0 Å². The number of hydrogen-bond donors (Lipinski definition) is 0. The van der Waals surface area contributed by atoms with Gasteiger partial charge in [-0.25, -0.2) is 9.99 Å². The fraction of sp³-hybridized carbons (Fsp3) is 0.227. The zero-order valence-corrected chi connectivity index (χ0v) is 16.2. The monoisotopic (exact) mass is 407 g/mol. The molecule has 3 aromatic rings. The molecule has 1 aliphatic carbocycles. The molecule has 0 bridgehead atoms. The lowest BCUT2D eigenvalue weighted by atomic mass is 9.79. The molecular formula is C22H18ClN3O3. The van der Waals surface area contributed by atoms with Crippen LogP contribution >= 0.6 is 11.6 Å². The maximum absolute atomic E-state index is 13.4. The smallest absolute Gasteiger partial charge is 0.277 e. The van der Waals surface area contributed by atoms with Crippen molar-refractivity contribution in [3.8, 4) is 0 Å². The Bertz CT molecular complexity index is 1090. The summed E-state index contributed by atoms with van der Waals surface area (Å²) in [5.41, 5.74) is 2.31. The molecular weight excluding hydrogens is 390 g/mol. The zero-order chi connectivity index (χ0) is 19.8. The predicted molar refractivity (Wildman–Crippen MR) is 108 cm³/mol. The Labute approximate surface area is 172 Å². The largest absolute Gasteiger partial charge is 0.467 e. The van der Waals surface area contributed by atoms with Crippen LogP contribution in [0.4, 0.5) is 0 Å². The summed E-state index contributed by atoms with van der Waals surface area (Å²) in [6.45, 7) is 0. The van der Waals surface area contributed by atoms with Gasteiger partial charge in [-0.3, -0.25) is 4.79 Å². The first-order valence-corrected chi connectivity index (χ1v) is 9.90. The molecule has 4 heterocycles. The third-order valence-electron chi connectivity index (χ3n) is 5.39. The van der Waals surface area contributed by atoms with E-state index in [0.29, 0.717) is 11.3 Å². The number of halogens is 1. The van der Waals surface area contributed by atoms with Gasteiger partial charge in [0, 0.05) is 12.1 Å². The summed E-state index contributed by atoms with van der Waals surface area (Å²) in [6, 6.07) is 10.5. The molecule has 0 N–H and O–H groups in total. The van der Waals surface area contributed by atoms with Gasteiger partial charge in [-0.1, -0.05) is 11.6 Å². The average Bonchev–Trinajstić information content (AvgIpc) is 3.48. The van der Waals surface area contributed by atoms with Crippen molar-refractivity contribution in [3.05, 3.63) is 82.9 Å². The number of fused-ring (bicyclic) bond motifs is 1. The number of amides is 1. The van der Waals surface area contributed by atoms with Crippen LogP contribution in [0.15, 0.2) is 74.6 Å². The van der Waals surface area contributed by atoms with Gasteiger partial charge < -0.3 is 8.83 Å². The molecule has 0 saturated heterocycles. The minimum Gasteiger partial charge on any atom is -0.467 e. The van der Waals surface area contributed by atoms with Gasteiger partial charge in [0.1, 0.15) is 22.7 Å². The average molecular weight is 408 g/mol. The first kappa shape index (κ1) is 17.9. The number of hydrogen-bond acceptors (Lipinski definition) is 5. The third-order valence-corrected chi connectivity index (χ3v) is 5.69. The van der Waals surface area contributed by atoms with Crippen molar-refractivity contribution >= 4 is 29.3 Å². The van der Waals surface area contributed by atoms with E-state index < -0.39 is 0 Å². The van der Waals surface area contributed by atoms with Crippen molar-refractivity contribution < 1.29 is 13.6 Å². The standard InChI is InChI=1S/C22H18ClN3O3/c23-21-17(8-2-10-24-21)22(27)26-20(18-9-4-12-29-18)16-7-1-5-14(19(16)25-26)13-15-6-3-11-28-15/h2-4,6,8-13,16,20H,1,5,7H2/b14-13+/t16-,20-/m0/s1. The summed E-state index contributed by atoms with van der Waals surface area (Å²) < 4.78 is 11.2. The molecule has 0 aromatic carbocycles. The van der Waals surface area contributed by atoms with Crippen LogP contribution < -0.4 is 0 Å². The lowest BCUT2D eigenvalue weighted by molar-refractivity contribution is 0.0656. The minimum atomic E-state index is -0.316. The summed E-state index contributed by atoms with van der Waals surface area (Å²) >= 11 is 6.19. The molecule has 2 aliphatic rings. The van der Waals surface area contributed by atoms with Gasteiger partial charge >= 0.3 is 0 Å². The topological polar surface area (TPSA) is 71.8 Å². The number of aromatic nitrogens is 1. The van der Waals surface area contributed by atoms with Gasteiger partial charge in [0.05, 0.1) is 23.8 Å². The van der Waals surface area contributed by atoms with E-state index in [9.17, 15) is 4.79 Å². The van der Waals surface area contributed by atoms with Crippen molar-refractivity contribution in [2.75, 3.05) is 0 Å². The molecule has 1 amide bonds. The Balaban J connectivity index is 1.59. The van der Waals surface area contributed by atoms with Crippen molar-refractivity contribution in [1.82, 2.24) is 9.99 Å². The molecule has 1 saturated carbocycles. The highest BCUT2D eigenvalue weighted by Gasteiger charge is 2.45. The lowest BCUT2D eigenvalue weighted by Gasteiger charge is -2.27. The van der Waals surface area contributed by atoms with Crippen molar-refractivity contribution in [3.63, 3.8) is 0 Å². The molecule has 146 valence electrons. The van der Waals surface area contributed by atoms with E-state index in [1.165, 1.54) is 5.01 Å². The van der Waals surface area contributed by atoms with E-state index in [-0.39, 0.29) is 23.0 Å². The summed E-state index contributed by atoms with van der Waals surface area (Å²) in [7, 11) is 0. The van der Waals surface area contributed by atoms with E-state index >= 15 is 0 Å². The van der Waals surface area contributed by atoms with Gasteiger partial charge in [-0.2, -0.15) is 5.10 Å². The van der Waals surface area contributed by atoms with E-state index in [4.69, 9.17) is 25.5 Å². The molecule has 7 heteroatoms. The molecule has 1 fully saturated rings. The minimum absolute atomic E-state index is 0.0514. The first-order valence-electron chi connectivity index (χ1n) is 9.53. The van der Waals surface area contributed by atoms with Gasteiger partial charge in [0.15, 0.2) is 0 Å². The Hall–Kier alpha value is -3.12. The number of nitrogens with zero attached hydrogens (tertiary/aromatic N) is 3. The fourth-order valence-electron chi connectivity index (χ4n) is 4.12. The summed E-state index contributed by atoms with van der Waals surface area (Å²) in [5, 5.41) is 6.44. The van der Waals surface area contributed by atoms with Crippen LogP contribution in [0.2, 0.25) is 5.15 Å². The SMILES string of the molecule is O=C(c1cccnc1Cl)N1N=C2/C(=C/c3ccco3)CCC[C@@H]2[C@H]1c1ccco1. The number of pyridine rings is 1. The zero-order valence-electron chi connectivity index (χ0n) is 15.5. The quantitative estimate of drug-likeness (QED) is 0.548. The second-order valence-electron chi connectivity index (χ2n) is 7.12. The Kier molecular flexibility index (Phi) is 4.56. The first-order chi connectivity index (χ1) is 14.2. The lowest BCUT2D eigenvalue weighted by Crippen LogP contribution is -2.31. The third kappa shape index (κ3) is 3.19. The van der Waals surface area contributed by atoms with Crippen molar-refractivity contribution in [1.29, 1.82) is 0 Å². The molecule has 0 spiro atoms. The molecule has 0 unspecified atom stereocenters. The number of hydrazone groups is 1. The summed E-state index contributed by atoms with van der Waals surface area (Å²) in [6.07, 6.45) is 9.65. The molecule has 3 aromatic heterocycles. The summed E-state index contributed by atoms with van der Waals surface area (Å²) in [4.78, 5) is 17.4.